The average Bonchev–Trinajstić information content (AvgIpc) is 2.01. The molecule has 17 heavy (non-hydrogen) atoms. The van der Waals surface area contributed by atoms with Crippen LogP contribution in [0.4, 0.5) is 0 Å². The van der Waals surface area contributed by atoms with Gasteiger partial charge in [-0.25, -0.2) is 5.06 Å². The topological polar surface area (TPSA) is 135 Å². The summed E-state index contributed by atoms with van der Waals surface area (Å²) in [6, 6.07) is 0. The van der Waals surface area contributed by atoms with E-state index in [4.69, 9.17) is 20.1 Å². The third kappa shape index (κ3) is 10.8. The molecule has 92 valence electrons. The summed E-state index contributed by atoms with van der Waals surface area (Å²) in [4.78, 5) is 38.0. The second kappa shape index (κ2) is 10.1. The second-order valence-electron chi connectivity index (χ2n) is 2.90. The van der Waals surface area contributed by atoms with Crippen LogP contribution in [0.3, 0.4) is 0 Å². The van der Waals surface area contributed by atoms with Crippen molar-refractivity contribution in [1.29, 1.82) is 0 Å². The molecule has 11 heteroatoms. The summed E-state index contributed by atoms with van der Waals surface area (Å²) in [6.07, 6.45) is -2.34. The van der Waals surface area contributed by atoms with Crippen molar-refractivity contribution in [3.05, 3.63) is 0 Å². The number of amides is 1. The summed E-state index contributed by atoms with van der Waals surface area (Å²) in [5.41, 5.74) is -1.44. The van der Waals surface area contributed by atoms with E-state index in [1.165, 1.54) is 0 Å². The Hall–Kier alpha value is 1.21. The monoisotopic (exact) mass is 289 g/mol. The molecule has 1 amide bonds. The van der Waals surface area contributed by atoms with Crippen LogP contribution in [0.5, 0.6) is 0 Å². The van der Waals surface area contributed by atoms with Crippen LogP contribution < -0.4 is 0 Å². The second-order valence-corrected chi connectivity index (χ2v) is 4.48. The number of carbonyl (C=O) groups excluding carboxylic acids is 2. The minimum atomic E-state index is -4.86. The first kappa shape index (κ1) is 23.3. The fourth-order valence-electron chi connectivity index (χ4n) is 0.713. The molecule has 0 bridgehead atoms. The van der Waals surface area contributed by atoms with Crippen LogP contribution in [-0.4, -0.2) is 108 Å². The van der Waals surface area contributed by atoms with E-state index in [1.807, 2.05) is 0 Å². The van der Waals surface area contributed by atoms with Gasteiger partial charge in [-0.2, -0.15) is 0 Å². The van der Waals surface area contributed by atoms with Crippen molar-refractivity contribution in [3.63, 3.8) is 0 Å². The number of carbonyl (C=O) groups is 2. The van der Waals surface area contributed by atoms with Crippen molar-refractivity contribution in [2.45, 2.75) is 19.4 Å². The molecule has 0 aromatic carbocycles. The van der Waals surface area contributed by atoms with Crippen molar-refractivity contribution in [2.75, 3.05) is 6.54 Å². The maximum absolute atomic E-state index is 10.7. The Balaban J connectivity index is -0.000000980. The van der Waals surface area contributed by atoms with Gasteiger partial charge in [0, 0.05) is 13.3 Å². The third-order valence-electron chi connectivity index (χ3n) is 1.48. The Morgan fingerprint density at radius 1 is 1.29 bits per heavy atom. The van der Waals surface area contributed by atoms with E-state index in [9.17, 15) is 14.2 Å². The molecular formula is C6H14NNa2O7P. The predicted molar refractivity (Wildman–Crippen MR) is 61.1 cm³/mol. The molecule has 1 atom stereocenters. The average molecular weight is 289 g/mol. The summed E-state index contributed by atoms with van der Waals surface area (Å²) < 4.78 is 10.4. The molecule has 0 spiro atoms. The Morgan fingerprint density at radius 3 is 2.00 bits per heavy atom. The predicted octanol–water partition coefficient (Wildman–Crippen LogP) is -2.62. The Labute approximate surface area is 142 Å². The van der Waals surface area contributed by atoms with Crippen LogP contribution in [0.1, 0.15) is 13.3 Å². The van der Waals surface area contributed by atoms with E-state index < -0.39 is 38.1 Å². The third-order valence-corrected chi connectivity index (χ3v) is 2.31. The molecule has 0 saturated heterocycles. The number of rotatable bonds is 5. The van der Waals surface area contributed by atoms with Crippen LogP contribution in [0.25, 0.3) is 0 Å². The normalized spacial score (nSPS) is 11.8. The molecule has 0 radical (unpaired) electrons. The Morgan fingerprint density at radius 2 is 1.71 bits per heavy atom. The quantitative estimate of drug-likeness (QED) is 0.188. The molecule has 0 aromatic heterocycles. The van der Waals surface area contributed by atoms with Gasteiger partial charge in [0.25, 0.3) is 0 Å². The maximum atomic E-state index is 10.7. The molecule has 0 saturated carbocycles. The molecular weight excluding hydrogens is 275 g/mol. The summed E-state index contributed by atoms with van der Waals surface area (Å²) in [7, 11) is -4.86. The van der Waals surface area contributed by atoms with Gasteiger partial charge in [0.2, 0.25) is 11.4 Å². The standard InChI is InChI=1S/C6H12NO7P.2Na.2H/c1-4(8)7(11)3-5(9)2-6(10)15(12,13)14;;;;/h5,9,11H,2-3H2,1H3,(H2,12,13,14);;;;. The molecule has 4 N–H and O–H groups in total. The van der Waals surface area contributed by atoms with Gasteiger partial charge in [-0.05, 0) is 0 Å². The SMILES string of the molecule is CC(=O)N(O)CC(O)CC(=O)P(=O)(O)O.[NaH].[NaH]. The molecule has 0 heterocycles. The first-order valence-corrected chi connectivity index (χ1v) is 5.49. The van der Waals surface area contributed by atoms with Crippen molar-refractivity contribution < 1.29 is 34.3 Å². The van der Waals surface area contributed by atoms with E-state index in [0.29, 0.717) is 0 Å². The van der Waals surface area contributed by atoms with E-state index in [0.717, 1.165) is 6.92 Å². The Bertz CT molecular complexity index is 307. The van der Waals surface area contributed by atoms with Crippen LogP contribution in [0, 0.1) is 0 Å². The number of aliphatic hydroxyl groups excluding tert-OH is 1. The van der Waals surface area contributed by atoms with Gasteiger partial charge in [0.15, 0.2) is 0 Å². The van der Waals surface area contributed by atoms with Crippen molar-refractivity contribution >= 4 is 78.1 Å². The zero-order valence-electron chi connectivity index (χ0n) is 7.90. The van der Waals surface area contributed by atoms with Gasteiger partial charge < -0.3 is 14.9 Å². The molecule has 0 fully saturated rings. The number of nitrogens with zero attached hydrogens (tertiary/aromatic N) is 1. The summed E-state index contributed by atoms with van der Waals surface area (Å²) in [6.45, 7) is 0.443. The van der Waals surface area contributed by atoms with Crippen LogP contribution in [0.2, 0.25) is 0 Å². The van der Waals surface area contributed by atoms with Gasteiger partial charge in [-0.3, -0.25) is 19.4 Å². The van der Waals surface area contributed by atoms with Gasteiger partial charge in [-0.15, -0.1) is 0 Å². The molecule has 0 aromatic rings. The van der Waals surface area contributed by atoms with Crippen molar-refractivity contribution in [1.82, 2.24) is 5.06 Å². The molecule has 0 rings (SSSR count). The molecule has 0 aliphatic heterocycles. The van der Waals surface area contributed by atoms with E-state index >= 15 is 0 Å². The van der Waals surface area contributed by atoms with Crippen LogP contribution in [-0.2, 0) is 14.2 Å². The van der Waals surface area contributed by atoms with Gasteiger partial charge in [-0.1, -0.05) is 0 Å². The van der Waals surface area contributed by atoms with E-state index in [1.54, 1.807) is 0 Å². The first-order chi connectivity index (χ1) is 6.64. The fraction of sp³-hybridized carbons (Fsp3) is 0.667. The van der Waals surface area contributed by atoms with Crippen LogP contribution >= 0.6 is 7.60 Å². The van der Waals surface area contributed by atoms with Gasteiger partial charge in [0.1, 0.15) is 0 Å². The zero-order valence-corrected chi connectivity index (χ0v) is 8.79. The van der Waals surface area contributed by atoms with E-state index in [-0.39, 0.29) is 64.2 Å². The van der Waals surface area contributed by atoms with E-state index in [2.05, 4.69) is 0 Å². The molecule has 0 aliphatic rings. The Kier molecular flexibility index (Phi) is 13.8. The zero-order chi connectivity index (χ0) is 12.2. The number of hydroxylamine groups is 2. The number of hydrogen-bond acceptors (Lipinski definition) is 5. The van der Waals surface area contributed by atoms with Gasteiger partial charge in [0.05, 0.1) is 12.6 Å². The molecule has 8 nitrogen and oxygen atoms in total. The number of aliphatic hydroxyl groups is 1. The summed E-state index contributed by atoms with van der Waals surface area (Å²) in [5.74, 6) is -0.752. The van der Waals surface area contributed by atoms with Crippen molar-refractivity contribution in [3.8, 4) is 0 Å². The molecule has 0 aliphatic carbocycles. The summed E-state index contributed by atoms with van der Waals surface area (Å²) in [5, 5.41) is 18.1. The molecule has 1 unspecified atom stereocenters. The minimum absolute atomic E-state index is 0. The van der Waals surface area contributed by atoms with Gasteiger partial charge >= 0.3 is 66.7 Å². The number of hydrogen-bond donors (Lipinski definition) is 4. The fourth-order valence-corrected chi connectivity index (χ4v) is 1.16. The first-order valence-electron chi connectivity index (χ1n) is 3.88. The van der Waals surface area contributed by atoms with Crippen molar-refractivity contribution in [2.24, 2.45) is 0 Å². The summed E-state index contributed by atoms with van der Waals surface area (Å²) >= 11 is 0. The van der Waals surface area contributed by atoms with Crippen LogP contribution in [0.15, 0.2) is 0 Å².